The number of rotatable bonds is 5. The Morgan fingerprint density at radius 3 is 2.95 bits per heavy atom. The Morgan fingerprint density at radius 2 is 2.25 bits per heavy atom. The van der Waals surface area contributed by atoms with E-state index in [2.05, 4.69) is 35.6 Å². The van der Waals surface area contributed by atoms with Crippen LogP contribution in [0.3, 0.4) is 0 Å². The van der Waals surface area contributed by atoms with Gasteiger partial charge in [0, 0.05) is 18.8 Å². The van der Waals surface area contributed by atoms with Crippen molar-refractivity contribution in [3.05, 3.63) is 22.7 Å². The molecule has 1 fully saturated rings. The van der Waals surface area contributed by atoms with E-state index in [1.807, 2.05) is 6.07 Å². The molecule has 1 aromatic heterocycles. The van der Waals surface area contributed by atoms with E-state index in [9.17, 15) is 0 Å². The molecule has 1 atom stereocenters. The molecule has 0 amide bonds. The van der Waals surface area contributed by atoms with Crippen LogP contribution in [-0.2, 0) is 11.2 Å². The standard InChI is InChI=1S/C15H24ClN3O/c1-4-5-19-6-7-20-13(10-19)15-17-12(8-11(2)3)9-14(16)18-15/h9,11,13H,4-8,10H2,1-3H3. The van der Waals surface area contributed by atoms with Gasteiger partial charge in [0.1, 0.15) is 11.3 Å². The van der Waals surface area contributed by atoms with E-state index < -0.39 is 0 Å². The molecule has 1 aliphatic heterocycles. The van der Waals surface area contributed by atoms with Crippen LogP contribution in [0.4, 0.5) is 0 Å². The first-order chi connectivity index (χ1) is 9.58. The Bertz CT molecular complexity index is 437. The highest BCUT2D eigenvalue weighted by molar-refractivity contribution is 6.29. The van der Waals surface area contributed by atoms with Crippen LogP contribution in [-0.4, -0.2) is 41.1 Å². The van der Waals surface area contributed by atoms with Gasteiger partial charge in [-0.2, -0.15) is 0 Å². The maximum absolute atomic E-state index is 6.13. The molecular formula is C15H24ClN3O. The molecule has 0 aliphatic carbocycles. The summed E-state index contributed by atoms with van der Waals surface area (Å²) < 4.78 is 5.83. The fraction of sp³-hybridized carbons (Fsp3) is 0.733. The van der Waals surface area contributed by atoms with E-state index in [4.69, 9.17) is 16.3 Å². The zero-order valence-corrected chi connectivity index (χ0v) is 13.4. The second-order valence-electron chi connectivity index (χ2n) is 5.80. The summed E-state index contributed by atoms with van der Waals surface area (Å²) >= 11 is 6.13. The number of ether oxygens (including phenoxy) is 1. The maximum Gasteiger partial charge on any atom is 0.160 e. The Labute approximate surface area is 126 Å². The van der Waals surface area contributed by atoms with Crippen molar-refractivity contribution in [1.82, 2.24) is 14.9 Å². The number of halogens is 1. The van der Waals surface area contributed by atoms with Gasteiger partial charge in [-0.15, -0.1) is 0 Å². The van der Waals surface area contributed by atoms with E-state index in [1.165, 1.54) is 0 Å². The lowest BCUT2D eigenvalue weighted by Gasteiger charge is -2.32. The average Bonchev–Trinajstić information content (AvgIpc) is 2.38. The lowest BCUT2D eigenvalue weighted by atomic mass is 10.1. The Balaban J connectivity index is 2.12. The molecule has 5 heteroatoms. The summed E-state index contributed by atoms with van der Waals surface area (Å²) in [7, 11) is 0. The fourth-order valence-electron chi connectivity index (χ4n) is 2.53. The quantitative estimate of drug-likeness (QED) is 0.783. The van der Waals surface area contributed by atoms with E-state index >= 15 is 0 Å². The van der Waals surface area contributed by atoms with E-state index in [0.717, 1.165) is 50.6 Å². The zero-order chi connectivity index (χ0) is 14.5. The highest BCUT2D eigenvalue weighted by atomic mass is 35.5. The van der Waals surface area contributed by atoms with Crippen molar-refractivity contribution in [3.8, 4) is 0 Å². The highest BCUT2D eigenvalue weighted by Gasteiger charge is 2.24. The number of morpholine rings is 1. The van der Waals surface area contributed by atoms with Crippen molar-refractivity contribution in [2.75, 3.05) is 26.2 Å². The first-order valence-electron chi connectivity index (χ1n) is 7.45. The molecule has 112 valence electrons. The topological polar surface area (TPSA) is 38.2 Å². The highest BCUT2D eigenvalue weighted by Crippen LogP contribution is 2.22. The summed E-state index contributed by atoms with van der Waals surface area (Å²) in [6.45, 7) is 10.2. The molecular weight excluding hydrogens is 274 g/mol. The Hall–Kier alpha value is -0.710. The molecule has 2 heterocycles. The molecule has 1 aliphatic rings. The maximum atomic E-state index is 6.13. The molecule has 1 unspecified atom stereocenters. The second kappa shape index (κ2) is 7.34. The third-order valence-corrected chi connectivity index (χ3v) is 3.55. The summed E-state index contributed by atoms with van der Waals surface area (Å²) in [5.74, 6) is 1.28. The van der Waals surface area contributed by atoms with E-state index in [0.29, 0.717) is 11.1 Å². The summed E-state index contributed by atoms with van der Waals surface area (Å²) in [4.78, 5) is 11.4. The molecule has 0 bridgehead atoms. The molecule has 0 saturated carbocycles. The van der Waals surface area contributed by atoms with Gasteiger partial charge in [0.2, 0.25) is 0 Å². The summed E-state index contributed by atoms with van der Waals surface area (Å²) in [5, 5.41) is 0.516. The number of nitrogens with zero attached hydrogens (tertiary/aromatic N) is 3. The van der Waals surface area contributed by atoms with Crippen LogP contribution < -0.4 is 0 Å². The van der Waals surface area contributed by atoms with Crippen molar-refractivity contribution < 1.29 is 4.74 Å². The zero-order valence-electron chi connectivity index (χ0n) is 12.6. The number of hydrogen-bond acceptors (Lipinski definition) is 4. The number of hydrogen-bond donors (Lipinski definition) is 0. The minimum absolute atomic E-state index is 0.0556. The first-order valence-corrected chi connectivity index (χ1v) is 7.83. The monoisotopic (exact) mass is 297 g/mol. The van der Waals surface area contributed by atoms with Crippen molar-refractivity contribution in [2.24, 2.45) is 5.92 Å². The minimum Gasteiger partial charge on any atom is -0.368 e. The van der Waals surface area contributed by atoms with Gasteiger partial charge in [0.25, 0.3) is 0 Å². The molecule has 1 aromatic rings. The van der Waals surface area contributed by atoms with Crippen LogP contribution in [0.25, 0.3) is 0 Å². The fourth-order valence-corrected chi connectivity index (χ4v) is 2.74. The molecule has 0 aromatic carbocycles. The van der Waals surface area contributed by atoms with Gasteiger partial charge < -0.3 is 4.74 Å². The van der Waals surface area contributed by atoms with Gasteiger partial charge in [-0.05, 0) is 31.4 Å². The van der Waals surface area contributed by atoms with Crippen molar-refractivity contribution in [2.45, 2.75) is 39.7 Å². The van der Waals surface area contributed by atoms with Gasteiger partial charge in [-0.1, -0.05) is 32.4 Å². The Morgan fingerprint density at radius 1 is 1.45 bits per heavy atom. The van der Waals surface area contributed by atoms with E-state index in [-0.39, 0.29) is 6.10 Å². The first kappa shape index (κ1) is 15.7. The Kier molecular flexibility index (Phi) is 5.75. The SMILES string of the molecule is CCCN1CCOC(c2nc(Cl)cc(CC(C)C)n2)C1. The van der Waals surface area contributed by atoms with Crippen LogP contribution in [0, 0.1) is 5.92 Å². The number of aromatic nitrogens is 2. The lowest BCUT2D eigenvalue weighted by Crippen LogP contribution is -2.39. The molecule has 0 spiro atoms. The molecule has 4 nitrogen and oxygen atoms in total. The van der Waals surface area contributed by atoms with E-state index in [1.54, 1.807) is 0 Å². The molecule has 20 heavy (non-hydrogen) atoms. The van der Waals surface area contributed by atoms with Crippen LogP contribution in [0.2, 0.25) is 5.15 Å². The van der Waals surface area contributed by atoms with Crippen LogP contribution in [0.15, 0.2) is 6.07 Å². The third kappa shape index (κ3) is 4.40. The minimum atomic E-state index is -0.0556. The summed E-state index contributed by atoms with van der Waals surface area (Å²) in [6.07, 6.45) is 2.02. The van der Waals surface area contributed by atoms with Crippen LogP contribution >= 0.6 is 11.6 Å². The second-order valence-corrected chi connectivity index (χ2v) is 6.19. The predicted octanol–water partition coefficient (Wildman–Crippen LogP) is 3.11. The predicted molar refractivity (Wildman–Crippen MR) is 81.0 cm³/mol. The van der Waals surface area contributed by atoms with Crippen molar-refractivity contribution >= 4 is 11.6 Å². The molecule has 1 saturated heterocycles. The van der Waals surface area contributed by atoms with Crippen LogP contribution in [0.5, 0.6) is 0 Å². The van der Waals surface area contributed by atoms with Gasteiger partial charge in [0.05, 0.1) is 6.61 Å². The van der Waals surface area contributed by atoms with Gasteiger partial charge in [-0.25, -0.2) is 9.97 Å². The summed E-state index contributed by atoms with van der Waals surface area (Å²) in [6, 6.07) is 1.86. The lowest BCUT2D eigenvalue weighted by molar-refractivity contribution is -0.0343. The van der Waals surface area contributed by atoms with Crippen molar-refractivity contribution in [1.29, 1.82) is 0 Å². The smallest absolute Gasteiger partial charge is 0.160 e. The molecule has 0 radical (unpaired) electrons. The normalized spacial score (nSPS) is 20.6. The average molecular weight is 298 g/mol. The van der Waals surface area contributed by atoms with Crippen molar-refractivity contribution in [3.63, 3.8) is 0 Å². The van der Waals surface area contributed by atoms with Gasteiger partial charge in [0.15, 0.2) is 5.82 Å². The largest absolute Gasteiger partial charge is 0.368 e. The van der Waals surface area contributed by atoms with Gasteiger partial charge in [-0.3, -0.25) is 4.90 Å². The third-order valence-electron chi connectivity index (χ3n) is 3.36. The summed E-state index contributed by atoms with van der Waals surface area (Å²) in [5.41, 5.74) is 1.01. The molecule has 2 rings (SSSR count). The van der Waals surface area contributed by atoms with Gasteiger partial charge >= 0.3 is 0 Å². The van der Waals surface area contributed by atoms with Crippen LogP contribution in [0.1, 0.15) is 44.8 Å². The molecule has 0 N–H and O–H groups in total.